The molecule has 0 aliphatic carbocycles. The van der Waals surface area contributed by atoms with Gasteiger partial charge in [0, 0.05) is 5.69 Å². The highest BCUT2D eigenvalue weighted by atomic mass is 32.2. The largest absolute Gasteiger partial charge is 0.325 e. The minimum atomic E-state index is -0.0323. The van der Waals surface area contributed by atoms with E-state index in [0.29, 0.717) is 12.3 Å². The standard InChI is InChI=1S/C25H31N5OS/c1-2-20-12-9-13-22(16-20)26-24(31)19-32-25-28-27-23(18-29-14-7-4-8-15-29)30(25)17-21-10-5-3-6-11-21/h3,5-6,9-13,16H,2,4,7-8,14-15,17-19H2,1H3,(H,26,31). The average molecular weight is 450 g/mol. The van der Waals surface area contributed by atoms with Gasteiger partial charge < -0.3 is 9.88 Å². The van der Waals surface area contributed by atoms with Crippen LogP contribution in [0.3, 0.4) is 0 Å². The summed E-state index contributed by atoms with van der Waals surface area (Å²) in [5.41, 5.74) is 3.25. The van der Waals surface area contributed by atoms with E-state index >= 15 is 0 Å². The van der Waals surface area contributed by atoms with Crippen molar-refractivity contribution in [3.8, 4) is 0 Å². The van der Waals surface area contributed by atoms with E-state index in [1.54, 1.807) is 0 Å². The van der Waals surface area contributed by atoms with Crippen LogP contribution in [0.2, 0.25) is 0 Å². The fourth-order valence-electron chi connectivity index (χ4n) is 3.98. The Bertz CT molecular complexity index is 1010. The summed E-state index contributed by atoms with van der Waals surface area (Å²) in [5, 5.41) is 12.8. The fraction of sp³-hybridized carbons (Fsp3) is 0.400. The molecule has 1 amide bonds. The number of amides is 1. The molecule has 32 heavy (non-hydrogen) atoms. The van der Waals surface area contributed by atoms with Crippen LogP contribution in [0.1, 0.15) is 43.1 Å². The topological polar surface area (TPSA) is 63.1 Å². The zero-order chi connectivity index (χ0) is 22.2. The third-order valence-electron chi connectivity index (χ3n) is 5.74. The van der Waals surface area contributed by atoms with Crippen LogP contribution in [0, 0.1) is 0 Å². The number of aromatic nitrogens is 3. The number of thioether (sulfide) groups is 1. The molecule has 1 aliphatic rings. The molecule has 3 aromatic rings. The molecular formula is C25H31N5OS. The van der Waals surface area contributed by atoms with Crippen molar-refractivity contribution in [1.29, 1.82) is 0 Å². The van der Waals surface area contributed by atoms with Gasteiger partial charge in [0.25, 0.3) is 0 Å². The second-order valence-electron chi connectivity index (χ2n) is 8.20. The molecule has 1 saturated heterocycles. The van der Waals surface area contributed by atoms with Crippen molar-refractivity contribution in [2.75, 3.05) is 24.2 Å². The van der Waals surface area contributed by atoms with Gasteiger partial charge in [0.2, 0.25) is 5.91 Å². The lowest BCUT2D eigenvalue weighted by molar-refractivity contribution is -0.113. The highest BCUT2D eigenvalue weighted by Gasteiger charge is 2.18. The Morgan fingerprint density at radius 2 is 1.75 bits per heavy atom. The van der Waals surface area contributed by atoms with Crippen LogP contribution in [-0.4, -0.2) is 44.4 Å². The summed E-state index contributed by atoms with van der Waals surface area (Å²) in [6, 6.07) is 18.4. The number of anilines is 1. The summed E-state index contributed by atoms with van der Waals surface area (Å²) < 4.78 is 2.17. The van der Waals surface area contributed by atoms with E-state index in [0.717, 1.165) is 42.7 Å². The zero-order valence-electron chi connectivity index (χ0n) is 18.7. The van der Waals surface area contributed by atoms with E-state index in [9.17, 15) is 4.79 Å². The van der Waals surface area contributed by atoms with Crippen molar-refractivity contribution in [1.82, 2.24) is 19.7 Å². The van der Waals surface area contributed by atoms with Crippen molar-refractivity contribution in [2.45, 2.75) is 50.9 Å². The maximum absolute atomic E-state index is 12.6. The van der Waals surface area contributed by atoms with Crippen molar-refractivity contribution in [2.24, 2.45) is 0 Å². The highest BCUT2D eigenvalue weighted by Crippen LogP contribution is 2.21. The number of hydrogen-bond donors (Lipinski definition) is 1. The van der Waals surface area contributed by atoms with Gasteiger partial charge in [-0.1, -0.05) is 67.6 Å². The van der Waals surface area contributed by atoms with E-state index < -0.39 is 0 Å². The number of likely N-dealkylation sites (tertiary alicyclic amines) is 1. The molecular weight excluding hydrogens is 418 g/mol. The summed E-state index contributed by atoms with van der Waals surface area (Å²) in [6.07, 6.45) is 4.74. The monoisotopic (exact) mass is 449 g/mol. The van der Waals surface area contributed by atoms with Crippen LogP contribution >= 0.6 is 11.8 Å². The predicted molar refractivity (Wildman–Crippen MR) is 130 cm³/mol. The van der Waals surface area contributed by atoms with Gasteiger partial charge in [0.05, 0.1) is 18.8 Å². The average Bonchev–Trinajstić information content (AvgIpc) is 3.20. The van der Waals surface area contributed by atoms with Crippen LogP contribution in [0.4, 0.5) is 5.69 Å². The number of nitrogens with zero attached hydrogens (tertiary/aromatic N) is 4. The molecule has 7 heteroatoms. The highest BCUT2D eigenvalue weighted by molar-refractivity contribution is 7.99. The zero-order valence-corrected chi connectivity index (χ0v) is 19.5. The molecule has 0 saturated carbocycles. The van der Waals surface area contributed by atoms with E-state index in [2.05, 4.69) is 62.2 Å². The summed E-state index contributed by atoms with van der Waals surface area (Å²) in [7, 11) is 0. The van der Waals surface area contributed by atoms with Gasteiger partial charge in [-0.15, -0.1) is 10.2 Å². The first-order valence-corrected chi connectivity index (χ1v) is 12.4. The van der Waals surface area contributed by atoms with Gasteiger partial charge in [0.15, 0.2) is 5.16 Å². The molecule has 1 fully saturated rings. The quantitative estimate of drug-likeness (QED) is 0.484. The van der Waals surface area contributed by atoms with Crippen molar-refractivity contribution in [3.63, 3.8) is 0 Å². The fourth-order valence-corrected chi connectivity index (χ4v) is 4.74. The van der Waals surface area contributed by atoms with Gasteiger partial charge in [-0.3, -0.25) is 9.69 Å². The minimum Gasteiger partial charge on any atom is -0.325 e. The summed E-state index contributed by atoms with van der Waals surface area (Å²) in [5.74, 6) is 1.23. The van der Waals surface area contributed by atoms with E-state index in [-0.39, 0.29) is 5.91 Å². The first kappa shape index (κ1) is 22.6. The number of aryl methyl sites for hydroxylation is 1. The molecule has 0 atom stereocenters. The van der Waals surface area contributed by atoms with Gasteiger partial charge in [-0.05, 0) is 55.6 Å². The first-order chi connectivity index (χ1) is 15.7. The maximum atomic E-state index is 12.6. The van der Waals surface area contributed by atoms with Crippen LogP contribution in [-0.2, 0) is 24.3 Å². The third kappa shape index (κ3) is 6.20. The molecule has 1 aromatic heterocycles. The Morgan fingerprint density at radius 1 is 0.969 bits per heavy atom. The van der Waals surface area contributed by atoms with Crippen LogP contribution in [0.25, 0.3) is 0 Å². The summed E-state index contributed by atoms with van der Waals surface area (Å²) in [4.78, 5) is 15.0. The van der Waals surface area contributed by atoms with Gasteiger partial charge in [0.1, 0.15) is 5.82 Å². The molecule has 1 aliphatic heterocycles. The second kappa shape index (κ2) is 11.3. The molecule has 0 bridgehead atoms. The predicted octanol–water partition coefficient (Wildman–Crippen LogP) is 4.61. The van der Waals surface area contributed by atoms with Crippen LogP contribution in [0.15, 0.2) is 59.8 Å². The van der Waals surface area contributed by atoms with Crippen molar-refractivity contribution < 1.29 is 4.79 Å². The molecule has 168 valence electrons. The SMILES string of the molecule is CCc1cccc(NC(=O)CSc2nnc(CN3CCCCC3)n2Cc2ccccc2)c1. The van der Waals surface area contributed by atoms with E-state index in [1.165, 1.54) is 42.2 Å². The Morgan fingerprint density at radius 3 is 2.53 bits per heavy atom. The van der Waals surface area contributed by atoms with Crippen LogP contribution < -0.4 is 5.32 Å². The minimum absolute atomic E-state index is 0.0323. The smallest absolute Gasteiger partial charge is 0.234 e. The molecule has 2 heterocycles. The molecule has 6 nitrogen and oxygen atoms in total. The Labute approximate surface area is 194 Å². The van der Waals surface area contributed by atoms with Gasteiger partial charge in [-0.25, -0.2) is 0 Å². The van der Waals surface area contributed by atoms with E-state index in [4.69, 9.17) is 0 Å². The third-order valence-corrected chi connectivity index (χ3v) is 6.71. The Hall–Kier alpha value is -2.64. The summed E-state index contributed by atoms with van der Waals surface area (Å²) in [6.45, 7) is 5.84. The second-order valence-corrected chi connectivity index (χ2v) is 9.14. The number of carbonyl (C=O) groups excluding carboxylic acids is 1. The molecule has 0 radical (unpaired) electrons. The van der Waals surface area contributed by atoms with E-state index in [1.807, 2.05) is 24.3 Å². The van der Waals surface area contributed by atoms with Gasteiger partial charge in [-0.2, -0.15) is 0 Å². The number of benzene rings is 2. The molecule has 1 N–H and O–H groups in total. The van der Waals surface area contributed by atoms with Crippen molar-refractivity contribution >= 4 is 23.4 Å². The Balaban J connectivity index is 1.44. The maximum Gasteiger partial charge on any atom is 0.234 e. The van der Waals surface area contributed by atoms with Gasteiger partial charge >= 0.3 is 0 Å². The lowest BCUT2D eigenvalue weighted by atomic mass is 10.1. The molecule has 2 aromatic carbocycles. The lowest BCUT2D eigenvalue weighted by Gasteiger charge is -2.26. The number of piperidine rings is 1. The van der Waals surface area contributed by atoms with Crippen molar-refractivity contribution in [3.05, 3.63) is 71.5 Å². The number of carbonyl (C=O) groups is 1. The molecule has 0 unspecified atom stereocenters. The normalized spacial score (nSPS) is 14.4. The van der Waals surface area contributed by atoms with Crippen LogP contribution in [0.5, 0.6) is 0 Å². The molecule has 0 spiro atoms. The first-order valence-electron chi connectivity index (χ1n) is 11.4. The lowest BCUT2D eigenvalue weighted by Crippen LogP contribution is -2.30. The number of hydrogen-bond acceptors (Lipinski definition) is 5. The molecule has 4 rings (SSSR count). The number of rotatable bonds is 9. The number of nitrogens with one attached hydrogen (secondary N) is 1. The Kier molecular flexibility index (Phi) is 7.96. The summed E-state index contributed by atoms with van der Waals surface area (Å²) >= 11 is 1.45.